The molecule has 6 heteroatoms. The zero-order valence-electron chi connectivity index (χ0n) is 12.0. The van der Waals surface area contributed by atoms with Crippen molar-refractivity contribution in [2.24, 2.45) is 0 Å². The van der Waals surface area contributed by atoms with E-state index in [1.807, 2.05) is 18.2 Å². The monoisotopic (exact) mass is 285 g/mol. The third kappa shape index (κ3) is 4.05. The highest BCUT2D eigenvalue weighted by Gasteiger charge is 2.22. The Balaban J connectivity index is 1.52. The molecule has 110 valence electrons. The van der Waals surface area contributed by atoms with Crippen molar-refractivity contribution in [3.8, 4) is 5.75 Å². The highest BCUT2D eigenvalue weighted by atomic mass is 16.5. The van der Waals surface area contributed by atoms with E-state index in [9.17, 15) is 0 Å². The van der Waals surface area contributed by atoms with Crippen LogP contribution in [0.5, 0.6) is 5.75 Å². The molecule has 2 N–H and O–H groups in total. The first-order valence-electron chi connectivity index (χ1n) is 7.16. The van der Waals surface area contributed by atoms with E-state index in [-0.39, 0.29) is 0 Å². The first-order valence-corrected chi connectivity index (χ1v) is 7.16. The predicted octanol–water partition coefficient (Wildman–Crippen LogP) is 2.11. The van der Waals surface area contributed by atoms with E-state index in [1.165, 1.54) is 18.4 Å². The number of anilines is 2. The second-order valence-corrected chi connectivity index (χ2v) is 5.11. The van der Waals surface area contributed by atoms with Crippen LogP contribution >= 0.6 is 0 Å². The zero-order chi connectivity index (χ0) is 14.5. The highest BCUT2D eigenvalue weighted by Crippen LogP contribution is 2.22. The van der Waals surface area contributed by atoms with Crippen LogP contribution in [0.25, 0.3) is 0 Å². The first-order chi connectivity index (χ1) is 10.3. The molecule has 0 atom stereocenters. The Labute approximate surface area is 124 Å². The number of hydrogen-bond donors (Lipinski definition) is 2. The molecule has 0 bridgehead atoms. The summed E-state index contributed by atoms with van der Waals surface area (Å²) in [6.07, 6.45) is 4.92. The lowest BCUT2D eigenvalue weighted by Crippen LogP contribution is -2.11. The van der Waals surface area contributed by atoms with Gasteiger partial charge in [0.1, 0.15) is 5.75 Å². The van der Waals surface area contributed by atoms with Crippen molar-refractivity contribution in [2.75, 3.05) is 24.3 Å². The summed E-state index contributed by atoms with van der Waals surface area (Å²) in [7, 11) is 1.68. The lowest BCUT2D eigenvalue weighted by atomic mass is 10.1. The minimum absolute atomic E-state index is 0.527. The van der Waals surface area contributed by atoms with Crippen LogP contribution in [0.4, 0.5) is 11.8 Å². The van der Waals surface area contributed by atoms with Gasteiger partial charge in [-0.25, -0.2) is 0 Å². The Morgan fingerprint density at radius 3 is 3.05 bits per heavy atom. The molecule has 0 radical (unpaired) electrons. The maximum absolute atomic E-state index is 5.22. The average molecular weight is 285 g/mol. The second-order valence-electron chi connectivity index (χ2n) is 5.11. The van der Waals surface area contributed by atoms with Crippen LogP contribution in [-0.2, 0) is 6.42 Å². The van der Waals surface area contributed by atoms with Crippen LogP contribution in [0, 0.1) is 0 Å². The van der Waals surface area contributed by atoms with Crippen molar-refractivity contribution in [3.05, 3.63) is 36.0 Å². The van der Waals surface area contributed by atoms with Crippen LogP contribution in [0.3, 0.4) is 0 Å². The zero-order valence-corrected chi connectivity index (χ0v) is 12.0. The Hall–Kier alpha value is -2.37. The molecule has 1 aromatic heterocycles. The molecule has 3 rings (SSSR count). The van der Waals surface area contributed by atoms with E-state index < -0.39 is 0 Å². The third-order valence-corrected chi connectivity index (χ3v) is 3.32. The fourth-order valence-corrected chi connectivity index (χ4v) is 2.02. The molecule has 0 saturated heterocycles. The average Bonchev–Trinajstić information content (AvgIpc) is 3.32. The molecule has 2 aromatic rings. The molecular formula is C15H19N5O. The molecule has 1 fully saturated rings. The predicted molar refractivity (Wildman–Crippen MR) is 81.7 cm³/mol. The third-order valence-electron chi connectivity index (χ3n) is 3.32. The van der Waals surface area contributed by atoms with Crippen molar-refractivity contribution in [3.63, 3.8) is 0 Å². The first kappa shape index (κ1) is 13.6. The molecule has 21 heavy (non-hydrogen) atoms. The molecule has 0 aliphatic heterocycles. The van der Waals surface area contributed by atoms with Gasteiger partial charge in [-0.2, -0.15) is 10.1 Å². The van der Waals surface area contributed by atoms with Crippen LogP contribution in [-0.4, -0.2) is 34.9 Å². The highest BCUT2D eigenvalue weighted by molar-refractivity contribution is 5.38. The lowest BCUT2D eigenvalue weighted by Gasteiger charge is -2.08. The number of rotatable bonds is 7. The number of hydrogen-bond acceptors (Lipinski definition) is 6. The molecule has 1 heterocycles. The van der Waals surface area contributed by atoms with Gasteiger partial charge in [0.2, 0.25) is 5.95 Å². The summed E-state index contributed by atoms with van der Waals surface area (Å²) in [6.45, 7) is 0.786. The fraction of sp³-hybridized carbons (Fsp3) is 0.400. The van der Waals surface area contributed by atoms with E-state index in [1.54, 1.807) is 13.3 Å². The molecule has 1 aliphatic rings. The minimum atomic E-state index is 0.527. The van der Waals surface area contributed by atoms with Crippen molar-refractivity contribution >= 4 is 11.8 Å². The van der Waals surface area contributed by atoms with E-state index in [0.717, 1.165) is 24.5 Å². The smallest absolute Gasteiger partial charge is 0.244 e. The largest absolute Gasteiger partial charge is 0.497 e. The molecule has 0 unspecified atom stereocenters. The van der Waals surface area contributed by atoms with Gasteiger partial charge in [-0.15, -0.1) is 5.10 Å². The van der Waals surface area contributed by atoms with Gasteiger partial charge in [-0.05, 0) is 37.0 Å². The Bertz CT molecular complexity index is 600. The number of ether oxygens (including phenoxy) is 1. The Morgan fingerprint density at radius 1 is 1.33 bits per heavy atom. The van der Waals surface area contributed by atoms with Gasteiger partial charge in [-0.1, -0.05) is 12.1 Å². The SMILES string of the molecule is COc1cccc(CCNc2cnnc(NC3CC3)n2)c1. The van der Waals surface area contributed by atoms with Gasteiger partial charge < -0.3 is 15.4 Å². The molecule has 1 saturated carbocycles. The number of aromatic nitrogens is 3. The minimum Gasteiger partial charge on any atom is -0.497 e. The molecule has 0 spiro atoms. The van der Waals surface area contributed by atoms with Gasteiger partial charge in [0, 0.05) is 12.6 Å². The summed E-state index contributed by atoms with van der Waals surface area (Å²) in [5, 5.41) is 14.4. The molecule has 1 aromatic carbocycles. The molecule has 1 aliphatic carbocycles. The van der Waals surface area contributed by atoms with E-state index in [2.05, 4.69) is 31.9 Å². The van der Waals surface area contributed by atoms with E-state index in [4.69, 9.17) is 4.74 Å². The maximum atomic E-state index is 5.22. The van der Waals surface area contributed by atoms with Gasteiger partial charge in [0.05, 0.1) is 13.3 Å². The Kier molecular flexibility index (Phi) is 4.14. The van der Waals surface area contributed by atoms with Gasteiger partial charge in [-0.3, -0.25) is 0 Å². The van der Waals surface area contributed by atoms with Crippen LogP contribution in [0.1, 0.15) is 18.4 Å². The Morgan fingerprint density at radius 2 is 2.24 bits per heavy atom. The summed E-state index contributed by atoms with van der Waals surface area (Å²) in [5.74, 6) is 2.23. The number of methoxy groups -OCH3 is 1. The summed E-state index contributed by atoms with van der Waals surface area (Å²) in [6, 6.07) is 8.60. The summed E-state index contributed by atoms with van der Waals surface area (Å²) in [5.41, 5.74) is 1.22. The van der Waals surface area contributed by atoms with Crippen molar-refractivity contribution in [2.45, 2.75) is 25.3 Å². The van der Waals surface area contributed by atoms with Crippen molar-refractivity contribution in [1.82, 2.24) is 15.2 Å². The van der Waals surface area contributed by atoms with Gasteiger partial charge in [0.15, 0.2) is 5.82 Å². The number of benzene rings is 1. The maximum Gasteiger partial charge on any atom is 0.244 e. The lowest BCUT2D eigenvalue weighted by molar-refractivity contribution is 0.414. The van der Waals surface area contributed by atoms with E-state index >= 15 is 0 Å². The molecular weight excluding hydrogens is 266 g/mol. The summed E-state index contributed by atoms with van der Waals surface area (Å²) < 4.78 is 5.22. The second kappa shape index (κ2) is 6.39. The van der Waals surface area contributed by atoms with Gasteiger partial charge in [0.25, 0.3) is 0 Å². The fourth-order valence-electron chi connectivity index (χ4n) is 2.02. The van der Waals surface area contributed by atoms with Gasteiger partial charge >= 0.3 is 0 Å². The van der Waals surface area contributed by atoms with Crippen molar-refractivity contribution in [1.29, 1.82) is 0 Å². The summed E-state index contributed by atoms with van der Waals surface area (Å²) >= 11 is 0. The van der Waals surface area contributed by atoms with Crippen LogP contribution in [0.15, 0.2) is 30.5 Å². The quantitative estimate of drug-likeness (QED) is 0.812. The van der Waals surface area contributed by atoms with Crippen LogP contribution < -0.4 is 15.4 Å². The standard InChI is InChI=1S/C15H19N5O/c1-21-13-4-2-3-11(9-13)7-8-16-14-10-17-20-15(19-14)18-12-5-6-12/h2-4,9-10,12H,5-8H2,1H3,(H2,16,18,19,20). The topological polar surface area (TPSA) is 72.0 Å². The van der Waals surface area contributed by atoms with Crippen LogP contribution in [0.2, 0.25) is 0 Å². The normalized spacial score (nSPS) is 13.8. The van der Waals surface area contributed by atoms with E-state index in [0.29, 0.717) is 12.0 Å². The number of nitrogens with zero attached hydrogens (tertiary/aromatic N) is 3. The number of nitrogens with one attached hydrogen (secondary N) is 2. The summed E-state index contributed by atoms with van der Waals surface area (Å²) in [4.78, 5) is 4.40. The molecule has 0 amide bonds. The van der Waals surface area contributed by atoms with Crippen molar-refractivity contribution < 1.29 is 4.74 Å². The molecule has 6 nitrogen and oxygen atoms in total.